The van der Waals surface area contributed by atoms with E-state index in [1.807, 2.05) is 36.4 Å². The van der Waals surface area contributed by atoms with Gasteiger partial charge in [0.25, 0.3) is 5.91 Å². The first kappa shape index (κ1) is 39.7. The van der Waals surface area contributed by atoms with Crippen molar-refractivity contribution in [3.05, 3.63) is 66.4 Å². The number of sulfonamides is 1. The van der Waals surface area contributed by atoms with Crippen LogP contribution in [0.25, 0.3) is 10.8 Å². The number of pyridine rings is 1. The molecule has 16 heteroatoms. The zero-order valence-corrected chi connectivity index (χ0v) is 32.7. The Kier molecular flexibility index (Phi) is 11.3. The van der Waals surface area contributed by atoms with E-state index in [1.165, 1.54) is 4.90 Å². The van der Waals surface area contributed by atoms with Gasteiger partial charge in [0.1, 0.15) is 35.1 Å². The lowest BCUT2D eigenvalue weighted by Gasteiger charge is -2.32. The van der Waals surface area contributed by atoms with Gasteiger partial charge in [0, 0.05) is 18.0 Å². The van der Waals surface area contributed by atoms with Crippen LogP contribution in [0.1, 0.15) is 65.9 Å². The number of fused-ring (bicyclic) bond motifs is 1. The average Bonchev–Trinajstić information content (AvgIpc) is 4.06. The Morgan fingerprint density at radius 3 is 2.40 bits per heavy atom. The van der Waals surface area contributed by atoms with Crippen molar-refractivity contribution in [3.8, 4) is 11.6 Å². The zero-order valence-electron chi connectivity index (χ0n) is 31.9. The summed E-state index contributed by atoms with van der Waals surface area (Å²) in [4.78, 5) is 61.4. The van der Waals surface area contributed by atoms with E-state index in [1.54, 1.807) is 66.1 Å². The molecule has 2 aliphatic carbocycles. The molecule has 55 heavy (non-hydrogen) atoms. The van der Waals surface area contributed by atoms with Crippen molar-refractivity contribution in [2.45, 2.75) is 108 Å². The molecule has 0 unspecified atom stereocenters. The molecule has 1 saturated heterocycles. The molecule has 3 aliphatic rings. The highest BCUT2D eigenvalue weighted by Crippen LogP contribution is 2.44. The standard InChI is InChI=1S/C39H49N5O10S/c1-23-20-39(23,36(47)43-55(49,50)29-13-14-29)42-33(45)31-19-28(53-34-30-15-12-27(51-6)18-26(30)16-17-40-34)21-44(31)35(46)32(41-37(48)54-38(3,4)5)24(2)52-22-25-10-8-7-9-11-25/h7-12,15-18,23-24,28-29,31-32H,13-14,19-22H2,1-6H3,(H,41,48)(H,42,45)(H,43,47)/t23-,24-,28-,31+,32+,39-/m1/s1. The molecule has 2 saturated carbocycles. The first-order valence-corrected chi connectivity index (χ1v) is 20.0. The van der Waals surface area contributed by atoms with Crippen LogP contribution in [0.4, 0.5) is 4.79 Å². The highest BCUT2D eigenvalue weighted by atomic mass is 32.2. The molecule has 0 bridgehead atoms. The van der Waals surface area contributed by atoms with E-state index in [-0.39, 0.29) is 37.8 Å². The molecule has 2 heterocycles. The summed E-state index contributed by atoms with van der Waals surface area (Å²) >= 11 is 0. The van der Waals surface area contributed by atoms with Crippen molar-refractivity contribution in [2.24, 2.45) is 5.92 Å². The largest absolute Gasteiger partial charge is 0.497 e. The van der Waals surface area contributed by atoms with E-state index in [2.05, 4.69) is 20.3 Å². The third kappa shape index (κ3) is 9.30. The average molecular weight is 780 g/mol. The maximum absolute atomic E-state index is 14.7. The second kappa shape index (κ2) is 15.6. The maximum Gasteiger partial charge on any atom is 0.408 e. The molecule has 3 fully saturated rings. The number of hydrogen-bond donors (Lipinski definition) is 3. The predicted octanol–water partition coefficient (Wildman–Crippen LogP) is 3.59. The molecule has 0 radical (unpaired) electrons. The summed E-state index contributed by atoms with van der Waals surface area (Å²) in [6, 6.07) is 14.0. The van der Waals surface area contributed by atoms with Gasteiger partial charge in [-0.2, -0.15) is 0 Å². The molecule has 1 aliphatic heterocycles. The third-order valence-electron chi connectivity index (χ3n) is 10.1. The van der Waals surface area contributed by atoms with Gasteiger partial charge < -0.3 is 34.5 Å². The van der Waals surface area contributed by atoms with Crippen LogP contribution in [0.2, 0.25) is 0 Å². The van der Waals surface area contributed by atoms with Crippen LogP contribution < -0.4 is 24.8 Å². The summed E-state index contributed by atoms with van der Waals surface area (Å²) in [7, 11) is -2.32. The number of alkyl carbamates (subject to hydrolysis) is 1. The van der Waals surface area contributed by atoms with Crippen molar-refractivity contribution in [1.29, 1.82) is 0 Å². The second-order valence-corrected chi connectivity index (χ2v) is 17.5. The highest BCUT2D eigenvalue weighted by Gasteiger charge is 2.61. The Labute approximate surface area is 320 Å². The van der Waals surface area contributed by atoms with Crippen LogP contribution in [-0.4, -0.2) is 96.5 Å². The van der Waals surface area contributed by atoms with E-state index >= 15 is 0 Å². The summed E-state index contributed by atoms with van der Waals surface area (Å²) in [5.41, 5.74) is -1.52. The van der Waals surface area contributed by atoms with E-state index in [0.29, 0.717) is 24.0 Å². The number of nitrogens with one attached hydrogen (secondary N) is 3. The Morgan fingerprint density at radius 2 is 1.76 bits per heavy atom. The number of nitrogens with zero attached hydrogens (tertiary/aromatic N) is 2. The first-order chi connectivity index (χ1) is 26.0. The zero-order chi connectivity index (χ0) is 39.7. The fourth-order valence-corrected chi connectivity index (χ4v) is 8.09. The van der Waals surface area contributed by atoms with Crippen LogP contribution in [-0.2, 0) is 40.5 Å². The maximum atomic E-state index is 14.7. The Hall–Kier alpha value is -4.96. The minimum Gasteiger partial charge on any atom is -0.497 e. The molecular weight excluding hydrogens is 731 g/mol. The fourth-order valence-electron chi connectivity index (χ4n) is 6.73. The van der Waals surface area contributed by atoms with Gasteiger partial charge in [-0.3, -0.25) is 19.1 Å². The van der Waals surface area contributed by atoms with Gasteiger partial charge in [0.15, 0.2) is 0 Å². The van der Waals surface area contributed by atoms with E-state index < -0.39 is 74.5 Å². The van der Waals surface area contributed by atoms with E-state index in [9.17, 15) is 27.6 Å². The third-order valence-corrected chi connectivity index (χ3v) is 11.9. The lowest BCUT2D eigenvalue weighted by Crippen LogP contribution is -2.60. The molecule has 6 atom stereocenters. The van der Waals surface area contributed by atoms with Crippen LogP contribution in [0.3, 0.4) is 0 Å². The highest BCUT2D eigenvalue weighted by molar-refractivity contribution is 7.91. The van der Waals surface area contributed by atoms with Gasteiger partial charge in [-0.15, -0.1) is 0 Å². The first-order valence-electron chi connectivity index (χ1n) is 18.4. The van der Waals surface area contributed by atoms with Gasteiger partial charge in [-0.1, -0.05) is 37.3 Å². The molecule has 3 N–H and O–H groups in total. The summed E-state index contributed by atoms with van der Waals surface area (Å²) in [5.74, 6) is -1.58. The molecule has 3 aromatic rings. The molecule has 15 nitrogen and oxygen atoms in total. The summed E-state index contributed by atoms with van der Waals surface area (Å²) in [6.07, 6.45) is 0.207. The molecule has 0 spiro atoms. The van der Waals surface area contributed by atoms with Gasteiger partial charge >= 0.3 is 6.09 Å². The van der Waals surface area contributed by atoms with E-state index in [4.69, 9.17) is 18.9 Å². The number of methoxy groups -OCH3 is 1. The summed E-state index contributed by atoms with van der Waals surface area (Å²) in [6.45, 7) is 8.50. The fraction of sp³-hybridized carbons (Fsp3) is 0.513. The number of ether oxygens (including phenoxy) is 4. The van der Waals surface area contributed by atoms with Crippen LogP contribution >= 0.6 is 0 Å². The van der Waals surface area contributed by atoms with Crippen molar-refractivity contribution in [3.63, 3.8) is 0 Å². The minimum atomic E-state index is -3.89. The van der Waals surface area contributed by atoms with Crippen LogP contribution in [0.15, 0.2) is 60.8 Å². The number of benzene rings is 2. The number of likely N-dealkylation sites (tertiary alicyclic amines) is 1. The van der Waals surface area contributed by atoms with E-state index in [0.717, 1.165) is 10.9 Å². The number of carbonyl (C=O) groups excluding carboxylic acids is 4. The second-order valence-electron chi connectivity index (χ2n) is 15.6. The Morgan fingerprint density at radius 1 is 1.05 bits per heavy atom. The normalized spacial score (nSPS) is 23.3. The Balaban J connectivity index is 1.29. The topological polar surface area (TPSA) is 192 Å². The molecule has 296 valence electrons. The van der Waals surface area contributed by atoms with Crippen LogP contribution in [0.5, 0.6) is 11.6 Å². The Bertz CT molecular complexity index is 2040. The summed E-state index contributed by atoms with van der Waals surface area (Å²) in [5, 5.41) is 6.31. The number of aromatic nitrogens is 1. The SMILES string of the molecule is COc1ccc2c(O[C@@H]3C[C@@H](C(=O)N[C@]4(C(=O)NS(=O)(=O)C5CC5)C[C@H]4C)N(C(=O)[C@@H](NC(=O)OC(C)(C)C)[C@@H](C)OCc4ccccc4)C3)nccc2c1. The quantitative estimate of drug-likeness (QED) is 0.217. The predicted molar refractivity (Wildman–Crippen MR) is 201 cm³/mol. The van der Waals surface area contributed by atoms with Gasteiger partial charge in [0.2, 0.25) is 27.7 Å². The molecule has 1 aromatic heterocycles. The molecular formula is C39H49N5O10S. The monoisotopic (exact) mass is 779 g/mol. The molecule has 2 aromatic carbocycles. The lowest BCUT2D eigenvalue weighted by molar-refractivity contribution is -0.144. The number of carbonyl (C=O) groups is 4. The van der Waals surface area contributed by atoms with Gasteiger partial charge in [-0.25, -0.2) is 18.2 Å². The summed E-state index contributed by atoms with van der Waals surface area (Å²) < 4.78 is 50.9. The smallest absolute Gasteiger partial charge is 0.408 e. The van der Waals surface area contributed by atoms with Crippen molar-refractivity contribution in [2.75, 3.05) is 13.7 Å². The van der Waals surface area contributed by atoms with Gasteiger partial charge in [0.05, 0.1) is 31.6 Å². The van der Waals surface area contributed by atoms with Crippen molar-refractivity contribution < 1.29 is 46.5 Å². The lowest BCUT2D eigenvalue weighted by atomic mass is 10.1. The van der Waals surface area contributed by atoms with Gasteiger partial charge in [-0.05, 0) is 88.1 Å². The van der Waals surface area contributed by atoms with Crippen molar-refractivity contribution >= 4 is 44.6 Å². The number of rotatable bonds is 14. The number of amides is 4. The number of hydrogen-bond acceptors (Lipinski definition) is 11. The minimum absolute atomic E-state index is 0.00331. The molecule has 6 rings (SSSR count). The molecule has 4 amide bonds. The van der Waals surface area contributed by atoms with Crippen molar-refractivity contribution in [1.82, 2.24) is 25.2 Å². The van der Waals surface area contributed by atoms with Crippen LogP contribution in [0, 0.1) is 5.92 Å².